The lowest BCUT2D eigenvalue weighted by Gasteiger charge is -2.38. The quantitative estimate of drug-likeness (QED) is 0.649. The molecule has 136 valence electrons. The van der Waals surface area contributed by atoms with Crippen LogP contribution in [0.2, 0.25) is 0 Å². The third kappa shape index (κ3) is 3.54. The summed E-state index contributed by atoms with van der Waals surface area (Å²) in [6.45, 7) is 0. The molecule has 0 spiro atoms. The van der Waals surface area contributed by atoms with E-state index in [0.717, 1.165) is 5.75 Å². The predicted molar refractivity (Wildman–Crippen MR) is 111 cm³/mol. The molecule has 27 heavy (non-hydrogen) atoms. The lowest BCUT2D eigenvalue weighted by atomic mass is 9.68. The van der Waals surface area contributed by atoms with Gasteiger partial charge in [-0.25, -0.2) is 0 Å². The largest absolute Gasteiger partial charge is 0.497 e. The van der Waals surface area contributed by atoms with Gasteiger partial charge in [-0.15, -0.1) is 0 Å². The predicted octanol–water partition coefficient (Wildman–Crippen LogP) is 5.24. The van der Waals surface area contributed by atoms with Crippen molar-refractivity contribution in [1.82, 2.24) is 0 Å². The molecule has 4 atom stereocenters. The zero-order valence-electron chi connectivity index (χ0n) is 15.5. The van der Waals surface area contributed by atoms with Crippen LogP contribution in [-0.4, -0.2) is 13.2 Å². The highest BCUT2D eigenvalue weighted by molar-refractivity contribution is 5.41. The second-order valence-corrected chi connectivity index (χ2v) is 7.13. The Morgan fingerprint density at radius 2 is 1.15 bits per heavy atom. The third-order valence-electron chi connectivity index (χ3n) is 5.61. The molecule has 0 heterocycles. The smallest absolute Gasteiger partial charge is 0.118 e. The van der Waals surface area contributed by atoms with Gasteiger partial charge >= 0.3 is 0 Å². The van der Waals surface area contributed by atoms with Crippen molar-refractivity contribution < 1.29 is 4.74 Å². The maximum atomic E-state index is 6.90. The van der Waals surface area contributed by atoms with E-state index in [-0.39, 0.29) is 23.8 Å². The molecular weight excluding hydrogens is 330 g/mol. The second-order valence-electron chi connectivity index (χ2n) is 7.13. The van der Waals surface area contributed by atoms with E-state index < -0.39 is 0 Å². The highest BCUT2D eigenvalue weighted by Gasteiger charge is 2.36. The van der Waals surface area contributed by atoms with Crippen molar-refractivity contribution in [1.29, 1.82) is 0 Å². The van der Waals surface area contributed by atoms with Gasteiger partial charge in [-0.3, -0.25) is 0 Å². The lowest BCUT2D eigenvalue weighted by molar-refractivity contribution is 0.412. The molecule has 1 aliphatic carbocycles. The molecule has 0 aromatic heterocycles. The number of hydrogen-bond donors (Lipinski definition) is 1. The standard InChI is InChI=1S/C25H25NO/c1-27-21-14-12-20(13-15-21)24-22(18-8-4-2-5-9-18)16-17-23(25(24)26)19-10-6-3-7-11-19/h2-17,22-25H,26H2,1H3/t22-,23+,24+,25+/m1/s1. The van der Waals surface area contributed by atoms with E-state index in [1.165, 1.54) is 16.7 Å². The number of ether oxygens (including phenoxy) is 1. The topological polar surface area (TPSA) is 35.2 Å². The Labute approximate surface area is 161 Å². The molecule has 2 nitrogen and oxygen atoms in total. The average Bonchev–Trinajstić information content (AvgIpc) is 2.75. The molecule has 0 saturated carbocycles. The van der Waals surface area contributed by atoms with Gasteiger partial charge in [0, 0.05) is 23.8 Å². The molecule has 0 aliphatic heterocycles. The van der Waals surface area contributed by atoms with Crippen LogP contribution in [-0.2, 0) is 0 Å². The monoisotopic (exact) mass is 355 g/mol. The van der Waals surface area contributed by atoms with Crippen molar-refractivity contribution in [3.05, 3.63) is 114 Å². The summed E-state index contributed by atoms with van der Waals surface area (Å²) in [5.74, 6) is 1.54. The number of nitrogens with two attached hydrogens (primary N) is 1. The highest BCUT2D eigenvalue weighted by atomic mass is 16.5. The Morgan fingerprint density at radius 3 is 1.70 bits per heavy atom. The van der Waals surface area contributed by atoms with Crippen molar-refractivity contribution in [3.63, 3.8) is 0 Å². The van der Waals surface area contributed by atoms with E-state index in [1.807, 2.05) is 12.1 Å². The van der Waals surface area contributed by atoms with Crippen LogP contribution in [0.5, 0.6) is 5.75 Å². The summed E-state index contributed by atoms with van der Waals surface area (Å²) >= 11 is 0. The van der Waals surface area contributed by atoms with Gasteiger partial charge in [-0.1, -0.05) is 84.9 Å². The SMILES string of the molecule is COc1ccc([C@@H]2[C@@H](N)[C@H](c3ccccc3)C=C[C@@H]2c2ccccc2)cc1. The fraction of sp³-hybridized carbons (Fsp3) is 0.200. The Balaban J connectivity index is 1.77. The van der Waals surface area contributed by atoms with Crippen molar-refractivity contribution in [2.24, 2.45) is 5.73 Å². The van der Waals surface area contributed by atoms with E-state index in [1.54, 1.807) is 7.11 Å². The minimum atomic E-state index is -0.00370. The van der Waals surface area contributed by atoms with Crippen LogP contribution in [0.25, 0.3) is 0 Å². The number of hydrogen-bond acceptors (Lipinski definition) is 2. The van der Waals surface area contributed by atoms with Crippen molar-refractivity contribution in [2.45, 2.75) is 23.8 Å². The van der Waals surface area contributed by atoms with Gasteiger partial charge in [-0.05, 0) is 28.8 Å². The minimum Gasteiger partial charge on any atom is -0.497 e. The van der Waals surface area contributed by atoms with E-state index in [0.29, 0.717) is 0 Å². The first-order valence-corrected chi connectivity index (χ1v) is 9.45. The van der Waals surface area contributed by atoms with Gasteiger partial charge in [0.15, 0.2) is 0 Å². The molecule has 0 radical (unpaired) electrons. The molecule has 0 unspecified atom stereocenters. The van der Waals surface area contributed by atoms with Crippen LogP contribution in [0.3, 0.4) is 0 Å². The Hall–Kier alpha value is -2.84. The Kier molecular flexibility index (Phi) is 5.08. The average molecular weight is 355 g/mol. The first-order chi connectivity index (χ1) is 13.3. The fourth-order valence-electron chi connectivity index (χ4n) is 4.21. The van der Waals surface area contributed by atoms with Gasteiger partial charge in [0.1, 0.15) is 5.75 Å². The van der Waals surface area contributed by atoms with E-state index in [9.17, 15) is 0 Å². The Morgan fingerprint density at radius 1 is 0.630 bits per heavy atom. The van der Waals surface area contributed by atoms with Gasteiger partial charge in [-0.2, -0.15) is 0 Å². The van der Waals surface area contributed by atoms with E-state index in [2.05, 4.69) is 84.9 Å². The zero-order valence-corrected chi connectivity index (χ0v) is 15.5. The molecule has 0 amide bonds. The van der Waals surface area contributed by atoms with Crippen molar-refractivity contribution in [3.8, 4) is 5.75 Å². The number of benzene rings is 3. The second kappa shape index (κ2) is 7.81. The van der Waals surface area contributed by atoms with Crippen LogP contribution in [0, 0.1) is 0 Å². The van der Waals surface area contributed by atoms with E-state index >= 15 is 0 Å². The summed E-state index contributed by atoms with van der Waals surface area (Å²) in [6.07, 6.45) is 4.63. The third-order valence-corrected chi connectivity index (χ3v) is 5.61. The molecule has 3 aromatic carbocycles. The first kappa shape index (κ1) is 17.6. The van der Waals surface area contributed by atoms with Crippen LogP contribution in [0.15, 0.2) is 97.1 Å². The summed E-state index contributed by atoms with van der Waals surface area (Å²) < 4.78 is 5.34. The molecule has 2 N–H and O–H groups in total. The fourth-order valence-corrected chi connectivity index (χ4v) is 4.21. The molecule has 0 saturated heterocycles. The summed E-state index contributed by atoms with van der Waals surface area (Å²) in [4.78, 5) is 0. The molecule has 3 aromatic rings. The lowest BCUT2D eigenvalue weighted by Crippen LogP contribution is -2.39. The van der Waals surface area contributed by atoms with Gasteiger partial charge in [0.25, 0.3) is 0 Å². The highest BCUT2D eigenvalue weighted by Crippen LogP contribution is 2.45. The van der Waals surface area contributed by atoms with Crippen molar-refractivity contribution >= 4 is 0 Å². The number of allylic oxidation sites excluding steroid dienone is 1. The number of rotatable bonds is 4. The Bertz CT molecular complexity index is 887. The summed E-state index contributed by atoms with van der Waals surface area (Å²) in [6, 6.07) is 29.6. The molecule has 1 aliphatic rings. The molecule has 2 heteroatoms. The summed E-state index contributed by atoms with van der Waals surface area (Å²) in [7, 11) is 1.70. The van der Waals surface area contributed by atoms with Gasteiger partial charge < -0.3 is 10.5 Å². The van der Waals surface area contributed by atoms with Gasteiger partial charge in [0.2, 0.25) is 0 Å². The van der Waals surface area contributed by atoms with Crippen LogP contribution in [0.4, 0.5) is 0 Å². The summed E-state index contributed by atoms with van der Waals surface area (Å²) in [5.41, 5.74) is 10.7. The maximum absolute atomic E-state index is 6.90. The molecule has 0 bridgehead atoms. The molecule has 4 rings (SSSR count). The minimum absolute atomic E-state index is 0.00370. The van der Waals surface area contributed by atoms with Crippen molar-refractivity contribution in [2.75, 3.05) is 7.11 Å². The van der Waals surface area contributed by atoms with Crippen LogP contribution in [0.1, 0.15) is 34.4 Å². The van der Waals surface area contributed by atoms with Gasteiger partial charge in [0.05, 0.1) is 7.11 Å². The van der Waals surface area contributed by atoms with E-state index in [4.69, 9.17) is 10.5 Å². The molecular formula is C25H25NO. The zero-order chi connectivity index (χ0) is 18.6. The number of methoxy groups -OCH3 is 1. The summed E-state index contributed by atoms with van der Waals surface area (Å²) in [5, 5.41) is 0. The van der Waals surface area contributed by atoms with Crippen LogP contribution < -0.4 is 10.5 Å². The molecule has 0 fully saturated rings. The normalized spacial score (nSPS) is 24.5. The van der Waals surface area contributed by atoms with Crippen LogP contribution >= 0.6 is 0 Å². The first-order valence-electron chi connectivity index (χ1n) is 9.45. The maximum Gasteiger partial charge on any atom is 0.118 e.